The van der Waals surface area contributed by atoms with Crippen LogP contribution in [0, 0.1) is 10.8 Å². The highest BCUT2D eigenvalue weighted by Crippen LogP contribution is 2.48. The first-order chi connectivity index (χ1) is 14.9. The molecule has 0 spiro atoms. The molecule has 8 heteroatoms. The molecule has 1 saturated carbocycles. The van der Waals surface area contributed by atoms with Gasteiger partial charge in [0.15, 0.2) is 17.2 Å². The smallest absolute Gasteiger partial charge is 0.349 e. The number of carbonyl (C=O) groups excluding carboxylic acids is 1. The van der Waals surface area contributed by atoms with Gasteiger partial charge in [-0.3, -0.25) is 0 Å². The zero-order chi connectivity index (χ0) is 23.7. The number of anilines is 1. The van der Waals surface area contributed by atoms with Gasteiger partial charge in [0.1, 0.15) is 0 Å². The number of aromatic carboxylic acids is 1. The molecule has 1 aliphatic rings. The molecule has 6 nitrogen and oxygen atoms in total. The summed E-state index contributed by atoms with van der Waals surface area (Å²) in [7, 11) is 1.25. The van der Waals surface area contributed by atoms with Crippen LogP contribution in [0.4, 0.5) is 5.69 Å². The van der Waals surface area contributed by atoms with Crippen LogP contribution < -0.4 is 10.1 Å². The molecule has 1 aromatic heterocycles. The Kier molecular flexibility index (Phi) is 7.25. The van der Waals surface area contributed by atoms with Crippen LogP contribution in [-0.4, -0.2) is 36.8 Å². The topological polar surface area (TPSA) is 84.9 Å². The Bertz CT molecular complexity index is 998. The zero-order valence-corrected chi connectivity index (χ0v) is 21.5. The number of carbonyl (C=O) groups is 2. The van der Waals surface area contributed by atoms with E-state index in [0.717, 1.165) is 40.3 Å². The minimum Gasteiger partial charge on any atom is -0.479 e. The lowest BCUT2D eigenvalue weighted by Crippen LogP contribution is -2.40. The summed E-state index contributed by atoms with van der Waals surface area (Å²) in [5.74, 6) is -1.55. The summed E-state index contributed by atoms with van der Waals surface area (Å²) in [5.41, 5.74) is 2.42. The Morgan fingerprint density at radius 1 is 1.22 bits per heavy atom. The molecule has 0 amide bonds. The number of nitrogens with one attached hydrogen (secondary N) is 1. The van der Waals surface area contributed by atoms with Crippen molar-refractivity contribution in [3.05, 3.63) is 33.6 Å². The Morgan fingerprint density at radius 2 is 1.88 bits per heavy atom. The summed E-state index contributed by atoms with van der Waals surface area (Å²) in [4.78, 5) is 24.0. The maximum absolute atomic E-state index is 11.8. The molecule has 0 radical (unpaired) electrons. The van der Waals surface area contributed by atoms with Gasteiger partial charge in [0, 0.05) is 11.7 Å². The Labute approximate surface area is 201 Å². The maximum atomic E-state index is 11.8. The van der Waals surface area contributed by atoms with Gasteiger partial charge in [-0.2, -0.15) is 0 Å². The lowest BCUT2D eigenvalue weighted by molar-refractivity contribution is -0.142. The molecule has 1 aliphatic carbocycles. The third-order valence-electron chi connectivity index (χ3n) is 5.62. The van der Waals surface area contributed by atoms with Crippen molar-refractivity contribution in [3.8, 4) is 16.2 Å². The van der Waals surface area contributed by atoms with Crippen LogP contribution in [0.2, 0.25) is 0 Å². The molecule has 174 valence electrons. The van der Waals surface area contributed by atoms with Crippen molar-refractivity contribution < 1.29 is 24.2 Å². The molecule has 2 aromatic rings. The largest absolute Gasteiger partial charge is 0.479 e. The van der Waals surface area contributed by atoms with E-state index < -0.39 is 11.9 Å². The lowest BCUT2D eigenvalue weighted by Gasteiger charge is -2.45. The fraction of sp³-hybridized carbons (Fsp3) is 0.500. The molecule has 0 saturated heterocycles. The fourth-order valence-corrected chi connectivity index (χ4v) is 6.86. The molecule has 0 bridgehead atoms. The van der Waals surface area contributed by atoms with Crippen LogP contribution in [0.3, 0.4) is 0 Å². The number of carboxylic acid groups (broad SMARTS) is 1. The first kappa shape index (κ1) is 24.6. The third-order valence-corrected chi connectivity index (χ3v) is 7.84. The number of thiophene rings is 1. The van der Waals surface area contributed by atoms with Crippen LogP contribution in [0.1, 0.15) is 56.6 Å². The van der Waals surface area contributed by atoms with Gasteiger partial charge in [0.25, 0.3) is 0 Å². The van der Waals surface area contributed by atoms with Gasteiger partial charge in [0.2, 0.25) is 0 Å². The van der Waals surface area contributed by atoms with Gasteiger partial charge < -0.3 is 19.9 Å². The molecule has 1 fully saturated rings. The first-order valence-corrected chi connectivity index (χ1v) is 12.1. The van der Waals surface area contributed by atoms with Crippen molar-refractivity contribution in [2.75, 3.05) is 19.0 Å². The van der Waals surface area contributed by atoms with Gasteiger partial charge in [-0.05, 0) is 63.7 Å². The molecule has 0 aliphatic heterocycles. The summed E-state index contributed by atoms with van der Waals surface area (Å²) in [5, 5.41) is 13.3. The summed E-state index contributed by atoms with van der Waals surface area (Å²) in [6.07, 6.45) is 3.39. The van der Waals surface area contributed by atoms with Crippen molar-refractivity contribution in [1.82, 2.24) is 0 Å². The van der Waals surface area contributed by atoms with Gasteiger partial charge in [0.05, 0.1) is 16.5 Å². The number of methoxy groups -OCH3 is 1. The first-order valence-electron chi connectivity index (χ1n) is 10.5. The average molecular weight is 524 g/mol. The van der Waals surface area contributed by atoms with E-state index in [1.807, 2.05) is 24.3 Å². The van der Waals surface area contributed by atoms with E-state index in [9.17, 15) is 14.7 Å². The fourth-order valence-electron chi connectivity index (χ4n) is 4.98. The predicted octanol–water partition coefficient (Wildman–Crippen LogP) is 6.44. The van der Waals surface area contributed by atoms with E-state index in [-0.39, 0.29) is 28.1 Å². The normalized spacial score (nSPS) is 17.6. The van der Waals surface area contributed by atoms with E-state index in [4.69, 9.17) is 4.74 Å². The lowest BCUT2D eigenvalue weighted by atomic mass is 9.63. The molecule has 2 N–H and O–H groups in total. The minimum absolute atomic E-state index is 0.0323. The number of carboxylic acids is 1. The van der Waals surface area contributed by atoms with E-state index in [1.54, 1.807) is 0 Å². The van der Waals surface area contributed by atoms with Gasteiger partial charge >= 0.3 is 11.9 Å². The van der Waals surface area contributed by atoms with E-state index in [2.05, 4.69) is 53.7 Å². The van der Waals surface area contributed by atoms with E-state index in [1.165, 1.54) is 13.5 Å². The summed E-state index contributed by atoms with van der Waals surface area (Å²) in [6, 6.07) is 8.32. The highest BCUT2D eigenvalue weighted by Gasteiger charge is 2.38. The van der Waals surface area contributed by atoms with Crippen molar-refractivity contribution in [3.63, 3.8) is 0 Å². The number of halogens is 1. The molecule has 0 unspecified atom stereocenters. The second-order valence-corrected chi connectivity index (χ2v) is 11.7. The molecule has 1 heterocycles. The molecular weight excluding hydrogens is 494 g/mol. The Balaban J connectivity index is 1.87. The Hall–Kier alpha value is -2.06. The monoisotopic (exact) mass is 523 g/mol. The van der Waals surface area contributed by atoms with Crippen LogP contribution in [0.15, 0.2) is 28.7 Å². The quantitative estimate of drug-likeness (QED) is 0.406. The number of esters is 1. The SMILES string of the molecule is COC(=O)COc1c(C(=O)O)sc(-c2cccc(NC3CC(C)(C)CC(C)(C)C3)c2)c1Br. The predicted molar refractivity (Wildman–Crippen MR) is 131 cm³/mol. The summed E-state index contributed by atoms with van der Waals surface area (Å²) in [6.45, 7) is 8.94. The highest BCUT2D eigenvalue weighted by molar-refractivity contribution is 9.10. The molecule has 1 aromatic carbocycles. The number of hydrogen-bond donors (Lipinski definition) is 2. The molecule has 3 rings (SSSR count). The van der Waals surface area contributed by atoms with Crippen molar-refractivity contribution in [2.24, 2.45) is 10.8 Å². The molecular formula is C24H30BrNO5S. The minimum atomic E-state index is -1.11. The summed E-state index contributed by atoms with van der Waals surface area (Å²) >= 11 is 4.59. The Morgan fingerprint density at radius 3 is 2.47 bits per heavy atom. The van der Waals surface area contributed by atoms with Crippen LogP contribution >= 0.6 is 27.3 Å². The maximum Gasteiger partial charge on any atom is 0.349 e. The number of hydrogen-bond acceptors (Lipinski definition) is 6. The van der Waals surface area contributed by atoms with Crippen molar-refractivity contribution in [2.45, 2.75) is 53.0 Å². The average Bonchev–Trinajstić information content (AvgIpc) is 3.00. The zero-order valence-electron chi connectivity index (χ0n) is 19.1. The van der Waals surface area contributed by atoms with Gasteiger partial charge in [-0.25, -0.2) is 9.59 Å². The van der Waals surface area contributed by atoms with Crippen molar-refractivity contribution in [1.29, 1.82) is 0 Å². The van der Waals surface area contributed by atoms with Gasteiger partial charge in [-0.1, -0.05) is 39.8 Å². The number of benzene rings is 1. The second kappa shape index (κ2) is 9.43. The van der Waals surface area contributed by atoms with E-state index >= 15 is 0 Å². The van der Waals surface area contributed by atoms with E-state index in [0.29, 0.717) is 10.5 Å². The number of rotatable bonds is 7. The second-order valence-electron chi connectivity index (χ2n) is 9.91. The molecule has 0 atom stereocenters. The molecule has 32 heavy (non-hydrogen) atoms. The van der Waals surface area contributed by atoms with Crippen molar-refractivity contribution >= 4 is 44.9 Å². The number of ether oxygens (including phenoxy) is 2. The third kappa shape index (κ3) is 5.84. The summed E-state index contributed by atoms with van der Waals surface area (Å²) < 4.78 is 10.6. The standard InChI is InChI=1S/C24H30BrNO5S/c1-23(2)10-16(11-24(3,4)13-23)26-15-8-6-7-14(9-15)20-18(25)19(21(32-20)22(28)29)31-12-17(27)30-5/h6-9,16,26H,10-13H2,1-5H3,(H,28,29). The van der Waals surface area contributed by atoms with Crippen LogP contribution in [0.25, 0.3) is 10.4 Å². The highest BCUT2D eigenvalue weighted by atomic mass is 79.9. The van der Waals surface area contributed by atoms with Gasteiger partial charge in [-0.15, -0.1) is 11.3 Å². The van der Waals surface area contributed by atoms with Crippen LogP contribution in [0.5, 0.6) is 5.75 Å². The van der Waals surface area contributed by atoms with Crippen LogP contribution in [-0.2, 0) is 9.53 Å².